The average Bonchev–Trinajstić information content (AvgIpc) is 2.90. The maximum Gasteiger partial charge on any atom is 0.337 e. The third-order valence-electron chi connectivity index (χ3n) is 4.26. The van der Waals surface area contributed by atoms with Crippen LogP contribution >= 0.6 is 0 Å². The number of imidazole rings is 1. The first-order chi connectivity index (χ1) is 9.09. The molecule has 2 unspecified atom stereocenters. The van der Waals surface area contributed by atoms with Gasteiger partial charge in [0.15, 0.2) is 0 Å². The Hall–Kier alpha value is -1.84. The Balaban J connectivity index is 2.28. The molecule has 1 aromatic heterocycles. The summed E-state index contributed by atoms with van der Waals surface area (Å²) >= 11 is 0. The van der Waals surface area contributed by atoms with E-state index >= 15 is 0 Å². The zero-order valence-electron chi connectivity index (χ0n) is 11.3. The maximum absolute atomic E-state index is 11.4. The van der Waals surface area contributed by atoms with Gasteiger partial charge in [0.25, 0.3) is 0 Å². The maximum atomic E-state index is 11.4. The number of rotatable bonds is 2. The van der Waals surface area contributed by atoms with E-state index in [1.165, 1.54) is 12.8 Å². The lowest BCUT2D eigenvalue weighted by molar-refractivity contribution is 0.0698. The third kappa shape index (κ3) is 1.82. The molecule has 1 heterocycles. The number of benzene rings is 1. The minimum absolute atomic E-state index is 0.359. The number of hydrogen-bond acceptors (Lipinski definition) is 2. The quantitative estimate of drug-likeness (QED) is 0.898. The van der Waals surface area contributed by atoms with E-state index in [9.17, 15) is 9.90 Å². The molecule has 1 saturated carbocycles. The number of hydrogen-bond donors (Lipinski definition) is 1. The number of aromatic nitrogens is 2. The molecule has 0 bridgehead atoms. The fourth-order valence-electron chi connectivity index (χ4n) is 3.35. The smallest absolute Gasteiger partial charge is 0.337 e. The molecule has 0 spiro atoms. The average molecular weight is 258 g/mol. The van der Waals surface area contributed by atoms with Gasteiger partial charge in [0.2, 0.25) is 0 Å². The van der Waals surface area contributed by atoms with Crippen molar-refractivity contribution in [3.05, 3.63) is 29.6 Å². The lowest BCUT2D eigenvalue weighted by Crippen LogP contribution is -2.14. The highest BCUT2D eigenvalue weighted by molar-refractivity contribution is 6.01. The predicted octanol–water partition coefficient (Wildman–Crippen LogP) is 3.40. The molecule has 0 saturated heterocycles. The van der Waals surface area contributed by atoms with Crippen LogP contribution in [0.3, 0.4) is 0 Å². The molecule has 1 aliphatic carbocycles. The second-order valence-corrected chi connectivity index (χ2v) is 5.48. The molecule has 3 rings (SSSR count). The molecule has 0 radical (unpaired) electrons. The van der Waals surface area contributed by atoms with Crippen LogP contribution in [0, 0.1) is 12.8 Å². The molecule has 1 N–H and O–H groups in total. The number of fused-ring (bicyclic) bond motifs is 1. The second-order valence-electron chi connectivity index (χ2n) is 5.48. The summed E-state index contributed by atoms with van der Waals surface area (Å²) in [6.07, 6.45) is 3.53. The number of carboxylic acids is 1. The van der Waals surface area contributed by atoms with E-state index in [1.54, 1.807) is 12.1 Å². The van der Waals surface area contributed by atoms with Gasteiger partial charge in [0.05, 0.1) is 16.6 Å². The third-order valence-corrected chi connectivity index (χ3v) is 4.26. The van der Waals surface area contributed by atoms with E-state index in [-0.39, 0.29) is 0 Å². The minimum Gasteiger partial charge on any atom is -0.478 e. The Morgan fingerprint density at radius 3 is 2.84 bits per heavy atom. The summed E-state index contributed by atoms with van der Waals surface area (Å²) in [6.45, 7) is 4.21. The first kappa shape index (κ1) is 12.2. The summed E-state index contributed by atoms with van der Waals surface area (Å²) < 4.78 is 2.15. The van der Waals surface area contributed by atoms with E-state index in [4.69, 9.17) is 0 Å². The summed E-state index contributed by atoms with van der Waals surface area (Å²) in [4.78, 5) is 16.0. The Morgan fingerprint density at radius 1 is 1.42 bits per heavy atom. The van der Waals surface area contributed by atoms with Crippen molar-refractivity contribution in [3.8, 4) is 0 Å². The minimum atomic E-state index is -0.877. The summed E-state index contributed by atoms with van der Waals surface area (Å²) in [5, 5.41) is 9.38. The van der Waals surface area contributed by atoms with Crippen LogP contribution in [-0.4, -0.2) is 20.6 Å². The van der Waals surface area contributed by atoms with Crippen LogP contribution in [-0.2, 0) is 0 Å². The number of carboxylic acid groups (broad SMARTS) is 1. The Kier molecular flexibility index (Phi) is 2.81. The molecule has 1 aliphatic rings. The van der Waals surface area contributed by atoms with Crippen LogP contribution in [0.4, 0.5) is 0 Å². The van der Waals surface area contributed by atoms with E-state index in [0.717, 1.165) is 23.3 Å². The predicted molar refractivity (Wildman–Crippen MR) is 73.5 cm³/mol. The molecule has 4 heteroatoms. The van der Waals surface area contributed by atoms with Crippen LogP contribution in [0.2, 0.25) is 0 Å². The highest BCUT2D eigenvalue weighted by Gasteiger charge is 2.29. The van der Waals surface area contributed by atoms with Crippen molar-refractivity contribution in [3.63, 3.8) is 0 Å². The molecule has 0 aliphatic heterocycles. The Morgan fingerprint density at radius 2 is 2.21 bits per heavy atom. The molecule has 1 fully saturated rings. The monoisotopic (exact) mass is 258 g/mol. The first-order valence-electron chi connectivity index (χ1n) is 6.80. The van der Waals surface area contributed by atoms with Gasteiger partial charge >= 0.3 is 5.97 Å². The van der Waals surface area contributed by atoms with Crippen LogP contribution in [0.15, 0.2) is 18.2 Å². The van der Waals surface area contributed by atoms with Crippen LogP contribution in [0.5, 0.6) is 0 Å². The van der Waals surface area contributed by atoms with Crippen molar-refractivity contribution in [2.75, 3.05) is 0 Å². The summed E-state index contributed by atoms with van der Waals surface area (Å²) in [7, 11) is 0. The van der Waals surface area contributed by atoms with Crippen molar-refractivity contribution in [2.45, 2.75) is 39.2 Å². The van der Waals surface area contributed by atoms with Gasteiger partial charge < -0.3 is 9.67 Å². The number of aryl methyl sites for hydroxylation is 1. The summed E-state index contributed by atoms with van der Waals surface area (Å²) in [5.41, 5.74) is 1.93. The summed E-state index contributed by atoms with van der Waals surface area (Å²) in [5.74, 6) is 0.623. The molecular weight excluding hydrogens is 240 g/mol. The van der Waals surface area contributed by atoms with Gasteiger partial charge in [-0.2, -0.15) is 0 Å². The fourth-order valence-corrected chi connectivity index (χ4v) is 3.35. The molecule has 19 heavy (non-hydrogen) atoms. The highest BCUT2D eigenvalue weighted by Crippen LogP contribution is 2.38. The van der Waals surface area contributed by atoms with Crippen molar-refractivity contribution < 1.29 is 9.90 Å². The normalized spacial score (nSPS) is 23.1. The van der Waals surface area contributed by atoms with Crippen molar-refractivity contribution in [1.82, 2.24) is 9.55 Å². The SMILES string of the molecule is Cc1nc2cccc(C(=O)O)c2n1C1CCCC1C. The van der Waals surface area contributed by atoms with Gasteiger partial charge in [-0.3, -0.25) is 0 Å². The topological polar surface area (TPSA) is 55.1 Å². The summed E-state index contributed by atoms with van der Waals surface area (Å²) in [6, 6.07) is 5.71. The van der Waals surface area contributed by atoms with E-state index in [0.29, 0.717) is 17.5 Å². The molecule has 2 aromatic rings. The van der Waals surface area contributed by atoms with Crippen LogP contribution < -0.4 is 0 Å². The molecule has 100 valence electrons. The molecule has 1 aromatic carbocycles. The Labute approximate surface area is 112 Å². The Bertz CT molecular complexity index is 645. The molecule has 4 nitrogen and oxygen atoms in total. The number of para-hydroxylation sites is 1. The van der Waals surface area contributed by atoms with Gasteiger partial charge in [-0.05, 0) is 37.8 Å². The lowest BCUT2D eigenvalue weighted by atomic mass is 10.1. The van der Waals surface area contributed by atoms with Gasteiger partial charge in [-0.25, -0.2) is 9.78 Å². The number of carbonyl (C=O) groups is 1. The van der Waals surface area contributed by atoms with Gasteiger partial charge in [-0.1, -0.05) is 19.4 Å². The molecular formula is C15H18N2O2. The largest absolute Gasteiger partial charge is 0.478 e. The number of nitrogens with zero attached hydrogens (tertiary/aromatic N) is 2. The fraction of sp³-hybridized carbons (Fsp3) is 0.467. The lowest BCUT2D eigenvalue weighted by Gasteiger charge is -2.20. The van der Waals surface area contributed by atoms with Crippen LogP contribution in [0.1, 0.15) is 48.4 Å². The van der Waals surface area contributed by atoms with Crippen molar-refractivity contribution in [2.24, 2.45) is 5.92 Å². The zero-order valence-corrected chi connectivity index (χ0v) is 11.3. The zero-order chi connectivity index (χ0) is 13.6. The first-order valence-corrected chi connectivity index (χ1v) is 6.80. The van der Waals surface area contributed by atoms with Gasteiger partial charge in [0.1, 0.15) is 5.82 Å². The molecule has 2 atom stereocenters. The van der Waals surface area contributed by atoms with E-state index in [2.05, 4.69) is 16.5 Å². The highest BCUT2D eigenvalue weighted by atomic mass is 16.4. The molecule has 0 amide bonds. The second kappa shape index (κ2) is 4.37. The standard InChI is InChI=1S/C15H18N2O2/c1-9-5-3-8-13(9)17-10(2)16-12-7-4-6-11(14(12)17)15(18)19/h4,6-7,9,13H,3,5,8H2,1-2H3,(H,18,19). The van der Waals surface area contributed by atoms with Crippen molar-refractivity contribution in [1.29, 1.82) is 0 Å². The van der Waals surface area contributed by atoms with Crippen LogP contribution in [0.25, 0.3) is 11.0 Å². The number of aromatic carboxylic acids is 1. The van der Waals surface area contributed by atoms with Gasteiger partial charge in [-0.15, -0.1) is 0 Å². The van der Waals surface area contributed by atoms with E-state index < -0.39 is 5.97 Å². The van der Waals surface area contributed by atoms with E-state index in [1.807, 2.05) is 13.0 Å². The van der Waals surface area contributed by atoms with Crippen molar-refractivity contribution >= 4 is 17.0 Å². The van der Waals surface area contributed by atoms with Gasteiger partial charge in [0, 0.05) is 6.04 Å².